The van der Waals surface area contributed by atoms with Gasteiger partial charge >= 0.3 is 6.03 Å². The fourth-order valence-corrected chi connectivity index (χ4v) is 2.25. The zero-order chi connectivity index (χ0) is 17.5. The van der Waals surface area contributed by atoms with Crippen molar-refractivity contribution in [3.8, 4) is 0 Å². The molecule has 0 aliphatic heterocycles. The van der Waals surface area contributed by atoms with E-state index >= 15 is 0 Å². The molecule has 0 bridgehead atoms. The number of carbonyl (C=O) groups is 2. The van der Waals surface area contributed by atoms with E-state index < -0.39 is 0 Å². The van der Waals surface area contributed by atoms with Crippen LogP contribution in [-0.2, 0) is 11.2 Å². The number of amides is 3. The molecule has 126 valence electrons. The molecule has 0 spiro atoms. The van der Waals surface area contributed by atoms with Gasteiger partial charge in [-0.2, -0.15) is 0 Å². The molecular formula is C19H23N3O2. The lowest BCUT2D eigenvalue weighted by molar-refractivity contribution is -0.115. The Bertz CT molecular complexity index is 709. The van der Waals surface area contributed by atoms with Gasteiger partial charge in [0, 0.05) is 17.4 Å². The monoisotopic (exact) mass is 325 g/mol. The largest absolute Gasteiger partial charge is 0.336 e. The Labute approximate surface area is 142 Å². The molecule has 2 aromatic rings. The molecule has 0 saturated carbocycles. The van der Waals surface area contributed by atoms with E-state index in [4.69, 9.17) is 0 Å². The van der Waals surface area contributed by atoms with Crippen molar-refractivity contribution in [1.82, 2.24) is 5.32 Å². The van der Waals surface area contributed by atoms with Gasteiger partial charge in [-0.1, -0.05) is 24.3 Å². The Kier molecular flexibility index (Phi) is 5.95. The van der Waals surface area contributed by atoms with E-state index in [1.165, 1.54) is 0 Å². The molecule has 0 saturated heterocycles. The van der Waals surface area contributed by atoms with Crippen molar-refractivity contribution < 1.29 is 9.59 Å². The fraction of sp³-hybridized carbons (Fsp3) is 0.263. The Balaban J connectivity index is 1.90. The first kappa shape index (κ1) is 17.5. The molecule has 5 nitrogen and oxygen atoms in total. The molecule has 0 atom stereocenters. The first-order chi connectivity index (χ1) is 11.4. The number of nitrogens with one attached hydrogen (secondary N) is 3. The highest BCUT2D eigenvalue weighted by Gasteiger charge is 2.07. The number of benzene rings is 2. The quantitative estimate of drug-likeness (QED) is 0.784. The van der Waals surface area contributed by atoms with Crippen molar-refractivity contribution in [2.45, 2.75) is 33.2 Å². The van der Waals surface area contributed by atoms with Crippen LogP contribution in [0.3, 0.4) is 0 Å². The number of aryl methyl sites for hydroxylation is 1. The Morgan fingerprint density at radius 1 is 0.917 bits per heavy atom. The molecule has 24 heavy (non-hydrogen) atoms. The number of rotatable bonds is 5. The van der Waals surface area contributed by atoms with Gasteiger partial charge in [-0.05, 0) is 56.2 Å². The summed E-state index contributed by atoms with van der Waals surface area (Å²) in [5, 5.41) is 8.35. The molecule has 0 heterocycles. The third-order valence-corrected chi connectivity index (χ3v) is 3.46. The van der Waals surface area contributed by atoms with Crippen LogP contribution in [0, 0.1) is 6.92 Å². The van der Waals surface area contributed by atoms with Crippen molar-refractivity contribution in [2.75, 3.05) is 10.6 Å². The molecule has 2 aromatic carbocycles. The second-order valence-electron chi connectivity index (χ2n) is 5.98. The van der Waals surface area contributed by atoms with Gasteiger partial charge in [-0.25, -0.2) is 4.79 Å². The second-order valence-corrected chi connectivity index (χ2v) is 5.98. The number of urea groups is 1. The van der Waals surface area contributed by atoms with Crippen molar-refractivity contribution in [3.63, 3.8) is 0 Å². The molecule has 0 unspecified atom stereocenters. The van der Waals surface area contributed by atoms with Crippen LogP contribution < -0.4 is 16.0 Å². The standard InChI is InChI=1S/C19H23N3O2/c1-13(2)20-19(24)22-17-10-8-16(9-11-17)21-18(23)12-15-7-5-4-6-14(15)3/h4-11,13H,12H2,1-3H3,(H,21,23)(H2,20,22,24). The highest BCUT2D eigenvalue weighted by Crippen LogP contribution is 2.15. The minimum atomic E-state index is -0.249. The van der Waals surface area contributed by atoms with E-state index in [0.717, 1.165) is 11.1 Å². The van der Waals surface area contributed by atoms with Gasteiger partial charge in [-0.15, -0.1) is 0 Å². The zero-order valence-corrected chi connectivity index (χ0v) is 14.2. The molecule has 0 radical (unpaired) electrons. The van der Waals surface area contributed by atoms with E-state index in [1.54, 1.807) is 24.3 Å². The van der Waals surface area contributed by atoms with Gasteiger partial charge in [0.1, 0.15) is 0 Å². The van der Waals surface area contributed by atoms with Crippen LogP contribution in [0.25, 0.3) is 0 Å². The lowest BCUT2D eigenvalue weighted by Crippen LogP contribution is -2.34. The number of hydrogen-bond acceptors (Lipinski definition) is 2. The topological polar surface area (TPSA) is 70.2 Å². The summed E-state index contributed by atoms with van der Waals surface area (Å²) in [6.45, 7) is 5.78. The normalized spacial score (nSPS) is 10.3. The maximum atomic E-state index is 12.1. The third kappa shape index (κ3) is 5.43. The predicted octanol–water partition coefficient (Wildman–Crippen LogP) is 3.71. The van der Waals surface area contributed by atoms with Gasteiger partial charge < -0.3 is 16.0 Å². The molecule has 0 aromatic heterocycles. The van der Waals surface area contributed by atoms with Crippen LogP contribution in [0.2, 0.25) is 0 Å². The molecule has 0 aliphatic carbocycles. The molecule has 0 fully saturated rings. The van der Waals surface area contributed by atoms with Crippen LogP contribution >= 0.6 is 0 Å². The average Bonchev–Trinajstić information content (AvgIpc) is 2.51. The van der Waals surface area contributed by atoms with Crippen molar-refractivity contribution in [3.05, 3.63) is 59.7 Å². The van der Waals surface area contributed by atoms with E-state index in [1.807, 2.05) is 45.0 Å². The summed E-state index contributed by atoms with van der Waals surface area (Å²) in [7, 11) is 0. The summed E-state index contributed by atoms with van der Waals surface area (Å²) >= 11 is 0. The Morgan fingerprint density at radius 2 is 1.50 bits per heavy atom. The number of carbonyl (C=O) groups excluding carboxylic acids is 2. The van der Waals surface area contributed by atoms with Crippen molar-refractivity contribution in [1.29, 1.82) is 0 Å². The van der Waals surface area contributed by atoms with Gasteiger partial charge in [-0.3, -0.25) is 4.79 Å². The van der Waals surface area contributed by atoms with E-state index in [2.05, 4.69) is 16.0 Å². The smallest absolute Gasteiger partial charge is 0.319 e. The van der Waals surface area contributed by atoms with Crippen LogP contribution in [0.15, 0.2) is 48.5 Å². The van der Waals surface area contributed by atoms with Crippen LogP contribution in [0.5, 0.6) is 0 Å². The summed E-state index contributed by atoms with van der Waals surface area (Å²) in [5.74, 6) is -0.0671. The molecule has 0 aliphatic rings. The number of anilines is 2. The molecule has 2 rings (SSSR count). The maximum absolute atomic E-state index is 12.1. The maximum Gasteiger partial charge on any atom is 0.319 e. The summed E-state index contributed by atoms with van der Waals surface area (Å²) in [5.41, 5.74) is 3.48. The first-order valence-corrected chi connectivity index (χ1v) is 7.96. The zero-order valence-electron chi connectivity index (χ0n) is 14.2. The second kappa shape index (κ2) is 8.15. The molecule has 3 N–H and O–H groups in total. The highest BCUT2D eigenvalue weighted by atomic mass is 16.2. The predicted molar refractivity (Wildman–Crippen MR) is 97.2 cm³/mol. The first-order valence-electron chi connectivity index (χ1n) is 7.96. The molecular weight excluding hydrogens is 302 g/mol. The SMILES string of the molecule is Cc1ccccc1CC(=O)Nc1ccc(NC(=O)NC(C)C)cc1. The average molecular weight is 325 g/mol. The minimum absolute atomic E-state index is 0.0671. The van der Waals surface area contributed by atoms with E-state index in [9.17, 15) is 9.59 Å². The van der Waals surface area contributed by atoms with Crippen LogP contribution in [0.1, 0.15) is 25.0 Å². The lowest BCUT2D eigenvalue weighted by atomic mass is 10.1. The fourth-order valence-electron chi connectivity index (χ4n) is 2.25. The van der Waals surface area contributed by atoms with Gasteiger partial charge in [0.2, 0.25) is 5.91 Å². The van der Waals surface area contributed by atoms with Crippen LogP contribution in [-0.4, -0.2) is 18.0 Å². The van der Waals surface area contributed by atoms with E-state index in [-0.39, 0.29) is 18.0 Å². The summed E-state index contributed by atoms with van der Waals surface area (Å²) < 4.78 is 0. The summed E-state index contributed by atoms with van der Waals surface area (Å²) in [4.78, 5) is 23.8. The van der Waals surface area contributed by atoms with Crippen molar-refractivity contribution >= 4 is 23.3 Å². The Hall–Kier alpha value is -2.82. The Morgan fingerprint density at radius 3 is 2.08 bits per heavy atom. The minimum Gasteiger partial charge on any atom is -0.336 e. The highest BCUT2D eigenvalue weighted by molar-refractivity contribution is 5.93. The van der Waals surface area contributed by atoms with Gasteiger partial charge in [0.05, 0.1) is 6.42 Å². The lowest BCUT2D eigenvalue weighted by Gasteiger charge is -2.11. The van der Waals surface area contributed by atoms with E-state index in [0.29, 0.717) is 17.8 Å². The number of hydrogen-bond donors (Lipinski definition) is 3. The molecule has 5 heteroatoms. The van der Waals surface area contributed by atoms with Gasteiger partial charge in [0.15, 0.2) is 0 Å². The third-order valence-electron chi connectivity index (χ3n) is 3.46. The van der Waals surface area contributed by atoms with Crippen molar-refractivity contribution in [2.24, 2.45) is 0 Å². The van der Waals surface area contributed by atoms with Gasteiger partial charge in [0.25, 0.3) is 0 Å². The van der Waals surface area contributed by atoms with Crippen LogP contribution in [0.4, 0.5) is 16.2 Å². The summed E-state index contributed by atoms with van der Waals surface area (Å²) in [6.07, 6.45) is 0.337. The summed E-state index contributed by atoms with van der Waals surface area (Å²) in [6, 6.07) is 14.7. The molecule has 3 amide bonds.